The predicted molar refractivity (Wildman–Crippen MR) is 106 cm³/mol. The van der Waals surface area contributed by atoms with Crippen LogP contribution in [0, 0.1) is 0 Å². The first-order chi connectivity index (χ1) is 13.8. The molecule has 3 aromatic heterocycles. The number of aromatic nitrogens is 3. The molecule has 1 atom stereocenters. The molecule has 0 aromatic carbocycles. The Morgan fingerprint density at radius 2 is 1.93 bits per heavy atom. The lowest BCUT2D eigenvalue weighted by Crippen LogP contribution is -2.32. The van der Waals surface area contributed by atoms with Crippen molar-refractivity contribution < 1.29 is 9.53 Å². The largest absolute Gasteiger partial charge is 0.485 e. The summed E-state index contributed by atoms with van der Waals surface area (Å²) in [4.78, 5) is 26.0. The lowest BCUT2D eigenvalue weighted by Gasteiger charge is -2.22. The zero-order valence-electron chi connectivity index (χ0n) is 15.7. The highest BCUT2D eigenvalue weighted by atomic mass is 16.5. The van der Waals surface area contributed by atoms with Crippen molar-refractivity contribution in [1.29, 1.82) is 0 Å². The van der Waals surface area contributed by atoms with Crippen LogP contribution in [0.15, 0.2) is 48.9 Å². The second-order valence-electron chi connectivity index (χ2n) is 7.37. The number of hydrogen-bond donors (Lipinski definition) is 0. The number of pyridine rings is 2. The molecule has 0 N–H and O–H groups in total. The molecule has 7 heteroatoms. The highest BCUT2D eigenvalue weighted by Crippen LogP contribution is 2.30. The molecule has 0 radical (unpaired) electrons. The van der Waals surface area contributed by atoms with E-state index in [1.54, 1.807) is 6.20 Å². The van der Waals surface area contributed by atoms with Gasteiger partial charge in [0.1, 0.15) is 17.4 Å². The Labute approximate surface area is 163 Å². The first kappa shape index (κ1) is 17.0. The molecule has 0 spiro atoms. The average molecular weight is 377 g/mol. The molecule has 2 saturated heterocycles. The number of anilines is 1. The molecule has 0 saturated carbocycles. The summed E-state index contributed by atoms with van der Waals surface area (Å²) in [6, 6.07) is 9.51. The van der Waals surface area contributed by atoms with Gasteiger partial charge in [-0.05, 0) is 37.1 Å². The van der Waals surface area contributed by atoms with E-state index in [2.05, 4.69) is 14.9 Å². The second-order valence-corrected chi connectivity index (χ2v) is 7.37. The van der Waals surface area contributed by atoms with Crippen LogP contribution in [0.2, 0.25) is 0 Å². The number of carbonyl (C=O) groups is 1. The smallest absolute Gasteiger partial charge is 0.271 e. The highest BCUT2D eigenvalue weighted by Gasteiger charge is 2.30. The van der Waals surface area contributed by atoms with Gasteiger partial charge in [0.25, 0.3) is 5.91 Å². The van der Waals surface area contributed by atoms with E-state index in [0.717, 1.165) is 36.7 Å². The number of likely N-dealkylation sites (tertiary alicyclic amines) is 1. The Morgan fingerprint density at radius 3 is 2.82 bits per heavy atom. The van der Waals surface area contributed by atoms with Crippen LogP contribution in [0.25, 0.3) is 5.65 Å². The lowest BCUT2D eigenvalue weighted by molar-refractivity contribution is 0.0765. The molecule has 0 aliphatic carbocycles. The quantitative estimate of drug-likeness (QED) is 0.699. The Morgan fingerprint density at radius 1 is 1.04 bits per heavy atom. The molecule has 7 nitrogen and oxygen atoms in total. The maximum absolute atomic E-state index is 13.0. The van der Waals surface area contributed by atoms with Crippen molar-refractivity contribution in [3.8, 4) is 5.75 Å². The van der Waals surface area contributed by atoms with E-state index >= 15 is 0 Å². The standard InChI is InChI=1S/C21H23N5O2/c27-21(17-5-3-7-19-22-10-14-26(17)19)25-13-8-16(15-25)28-18-6-4-9-23-20(18)24-11-1-2-12-24/h3-7,9-10,14,16H,1-2,8,11-13,15H2. The van der Waals surface area contributed by atoms with Crippen molar-refractivity contribution in [2.24, 2.45) is 0 Å². The number of imidazole rings is 1. The second kappa shape index (κ2) is 7.14. The number of carbonyl (C=O) groups excluding carboxylic acids is 1. The number of nitrogens with zero attached hydrogens (tertiary/aromatic N) is 5. The summed E-state index contributed by atoms with van der Waals surface area (Å²) in [7, 11) is 0. The van der Waals surface area contributed by atoms with Crippen LogP contribution >= 0.6 is 0 Å². The molecule has 5 heterocycles. The average Bonchev–Trinajstić information content (AvgIpc) is 3.48. The van der Waals surface area contributed by atoms with Crippen LogP contribution in [-0.4, -0.2) is 57.5 Å². The monoisotopic (exact) mass is 377 g/mol. The maximum Gasteiger partial charge on any atom is 0.271 e. The van der Waals surface area contributed by atoms with Gasteiger partial charge >= 0.3 is 0 Å². The van der Waals surface area contributed by atoms with E-state index in [-0.39, 0.29) is 12.0 Å². The fraction of sp³-hybridized carbons (Fsp3) is 0.381. The van der Waals surface area contributed by atoms with Crippen LogP contribution in [0.4, 0.5) is 5.82 Å². The number of amides is 1. The predicted octanol–water partition coefficient (Wildman–Crippen LogP) is 2.62. The van der Waals surface area contributed by atoms with Crippen LogP contribution in [-0.2, 0) is 0 Å². The summed E-state index contributed by atoms with van der Waals surface area (Å²) in [6.07, 6.45) is 8.55. The van der Waals surface area contributed by atoms with E-state index in [4.69, 9.17) is 4.74 Å². The fourth-order valence-corrected chi connectivity index (χ4v) is 4.11. The van der Waals surface area contributed by atoms with E-state index < -0.39 is 0 Å². The topological polar surface area (TPSA) is 63.0 Å². The third-order valence-electron chi connectivity index (χ3n) is 5.53. The van der Waals surface area contributed by atoms with Crippen molar-refractivity contribution >= 4 is 17.4 Å². The number of hydrogen-bond acceptors (Lipinski definition) is 5. The molecule has 3 aromatic rings. The molecule has 2 fully saturated rings. The SMILES string of the molecule is O=C(c1cccc2nccn12)N1CCC(Oc2cccnc2N2CCCC2)C1. The Bertz CT molecular complexity index is 995. The minimum atomic E-state index is -0.0171. The minimum absolute atomic E-state index is 0.0145. The number of ether oxygens (including phenoxy) is 1. The van der Waals surface area contributed by atoms with Crippen molar-refractivity contribution in [3.05, 3.63) is 54.6 Å². The van der Waals surface area contributed by atoms with Gasteiger partial charge in [0.15, 0.2) is 11.6 Å². The molecule has 5 rings (SSSR count). The molecule has 28 heavy (non-hydrogen) atoms. The van der Waals surface area contributed by atoms with E-state index in [0.29, 0.717) is 18.8 Å². The molecule has 0 bridgehead atoms. The zero-order valence-corrected chi connectivity index (χ0v) is 15.7. The summed E-state index contributed by atoms with van der Waals surface area (Å²) in [5.74, 6) is 1.76. The molecule has 144 valence electrons. The molecule has 1 amide bonds. The molecular weight excluding hydrogens is 354 g/mol. The van der Waals surface area contributed by atoms with Crippen LogP contribution in [0.3, 0.4) is 0 Å². The van der Waals surface area contributed by atoms with Crippen LogP contribution in [0.1, 0.15) is 29.8 Å². The van der Waals surface area contributed by atoms with Gasteiger partial charge in [-0.1, -0.05) is 6.07 Å². The molecule has 2 aliphatic rings. The summed E-state index contributed by atoms with van der Waals surface area (Å²) >= 11 is 0. The van der Waals surface area contributed by atoms with Gasteiger partial charge in [0.05, 0.1) is 6.54 Å². The van der Waals surface area contributed by atoms with Gasteiger partial charge in [-0.2, -0.15) is 0 Å². The summed E-state index contributed by atoms with van der Waals surface area (Å²) in [6.45, 7) is 3.32. The minimum Gasteiger partial charge on any atom is -0.485 e. The molecule has 2 aliphatic heterocycles. The van der Waals surface area contributed by atoms with Crippen LogP contribution in [0.5, 0.6) is 5.75 Å². The lowest BCUT2D eigenvalue weighted by atomic mass is 10.3. The Balaban J connectivity index is 1.30. The highest BCUT2D eigenvalue weighted by molar-refractivity contribution is 5.93. The number of fused-ring (bicyclic) bond motifs is 1. The Kier molecular flexibility index (Phi) is 4.35. The first-order valence-electron chi connectivity index (χ1n) is 9.87. The van der Waals surface area contributed by atoms with Gasteiger partial charge < -0.3 is 14.5 Å². The summed E-state index contributed by atoms with van der Waals surface area (Å²) in [5, 5.41) is 0. The van der Waals surface area contributed by atoms with E-state index in [9.17, 15) is 4.79 Å². The van der Waals surface area contributed by atoms with E-state index in [1.807, 2.05) is 52.0 Å². The zero-order chi connectivity index (χ0) is 18.9. The fourth-order valence-electron chi connectivity index (χ4n) is 4.11. The van der Waals surface area contributed by atoms with Gasteiger partial charge in [-0.3, -0.25) is 9.20 Å². The van der Waals surface area contributed by atoms with Crippen molar-refractivity contribution in [3.63, 3.8) is 0 Å². The van der Waals surface area contributed by atoms with Crippen LogP contribution < -0.4 is 9.64 Å². The first-order valence-corrected chi connectivity index (χ1v) is 9.87. The Hall–Kier alpha value is -3.09. The third-order valence-corrected chi connectivity index (χ3v) is 5.53. The summed E-state index contributed by atoms with van der Waals surface area (Å²) in [5.41, 5.74) is 1.42. The molecular formula is C21H23N5O2. The van der Waals surface area contributed by atoms with Gasteiger partial charge in [-0.15, -0.1) is 0 Å². The van der Waals surface area contributed by atoms with Crippen molar-refractivity contribution in [1.82, 2.24) is 19.3 Å². The van der Waals surface area contributed by atoms with Gasteiger partial charge in [0.2, 0.25) is 0 Å². The summed E-state index contributed by atoms with van der Waals surface area (Å²) < 4.78 is 8.13. The maximum atomic E-state index is 13.0. The normalized spacial score (nSPS) is 19.5. The molecule has 1 unspecified atom stereocenters. The van der Waals surface area contributed by atoms with Crippen molar-refractivity contribution in [2.45, 2.75) is 25.4 Å². The van der Waals surface area contributed by atoms with E-state index in [1.165, 1.54) is 12.8 Å². The van der Waals surface area contributed by atoms with Gasteiger partial charge in [-0.25, -0.2) is 9.97 Å². The van der Waals surface area contributed by atoms with Crippen molar-refractivity contribution in [2.75, 3.05) is 31.1 Å². The third kappa shape index (κ3) is 3.06. The number of rotatable bonds is 4. The van der Waals surface area contributed by atoms with Gasteiger partial charge in [0, 0.05) is 44.6 Å².